The van der Waals surface area contributed by atoms with Crippen molar-refractivity contribution in [2.24, 2.45) is 0 Å². The summed E-state index contributed by atoms with van der Waals surface area (Å²) >= 11 is 3.49. The second-order valence-electron chi connectivity index (χ2n) is 5.14. The number of piperidine rings is 1. The number of nitrogens with zero attached hydrogens (tertiary/aromatic N) is 1. The number of benzene rings is 1. The fourth-order valence-electron chi connectivity index (χ4n) is 2.55. The number of rotatable bonds is 3. The van der Waals surface area contributed by atoms with Gasteiger partial charge in [-0.05, 0) is 64.1 Å². The number of nitrogens with one attached hydrogen (secondary N) is 1. The Morgan fingerprint density at radius 2 is 1.82 bits per heavy atom. The summed E-state index contributed by atoms with van der Waals surface area (Å²) in [6, 6.07) is 8.71. The topological polar surface area (TPSA) is 15.3 Å². The maximum Gasteiger partial charge on any atom is 0.0243 e. The van der Waals surface area contributed by atoms with E-state index >= 15 is 0 Å². The van der Waals surface area contributed by atoms with Gasteiger partial charge in [0, 0.05) is 10.0 Å². The Morgan fingerprint density at radius 1 is 1.24 bits per heavy atom. The second kappa shape index (κ2) is 5.51. The molecule has 1 aliphatic rings. The van der Waals surface area contributed by atoms with E-state index in [1.165, 1.54) is 31.5 Å². The van der Waals surface area contributed by atoms with Gasteiger partial charge in [-0.2, -0.15) is 0 Å². The molecule has 94 valence electrons. The Kier molecular flexibility index (Phi) is 4.23. The molecule has 2 rings (SSSR count). The van der Waals surface area contributed by atoms with Crippen molar-refractivity contribution in [1.82, 2.24) is 10.2 Å². The first-order valence-electron chi connectivity index (χ1n) is 6.25. The van der Waals surface area contributed by atoms with Gasteiger partial charge < -0.3 is 10.2 Å². The largest absolute Gasteiger partial charge is 0.314 e. The SMILES string of the molecule is CNC1(Cc2ccc(Br)cc2)CCN(C)CC1. The van der Waals surface area contributed by atoms with Gasteiger partial charge in [-0.3, -0.25) is 0 Å². The monoisotopic (exact) mass is 296 g/mol. The first kappa shape index (κ1) is 13.1. The van der Waals surface area contributed by atoms with Crippen LogP contribution in [-0.2, 0) is 6.42 Å². The van der Waals surface area contributed by atoms with Gasteiger partial charge in [0.05, 0.1) is 0 Å². The summed E-state index contributed by atoms with van der Waals surface area (Å²) < 4.78 is 1.16. The average molecular weight is 297 g/mol. The van der Waals surface area contributed by atoms with Crippen LogP contribution in [0.3, 0.4) is 0 Å². The average Bonchev–Trinajstić information content (AvgIpc) is 2.35. The molecule has 1 N–H and O–H groups in total. The lowest BCUT2D eigenvalue weighted by Gasteiger charge is -2.41. The molecule has 3 heteroatoms. The predicted octanol–water partition coefficient (Wildman–Crippen LogP) is 2.68. The standard InChI is InChI=1S/C14H21BrN2/c1-16-14(7-9-17(2)10-8-14)11-12-3-5-13(15)6-4-12/h3-6,16H,7-11H2,1-2H3. The molecule has 0 bridgehead atoms. The van der Waals surface area contributed by atoms with Gasteiger partial charge in [-0.1, -0.05) is 28.1 Å². The van der Waals surface area contributed by atoms with Crippen LogP contribution < -0.4 is 5.32 Å². The number of hydrogen-bond donors (Lipinski definition) is 1. The van der Waals surface area contributed by atoms with Crippen molar-refractivity contribution < 1.29 is 0 Å². The van der Waals surface area contributed by atoms with Gasteiger partial charge >= 0.3 is 0 Å². The molecule has 0 aliphatic carbocycles. The van der Waals surface area contributed by atoms with E-state index in [1.54, 1.807) is 0 Å². The van der Waals surface area contributed by atoms with Gasteiger partial charge in [0.1, 0.15) is 0 Å². The molecule has 1 fully saturated rings. The molecular formula is C14H21BrN2. The van der Waals surface area contributed by atoms with Crippen LogP contribution in [0.15, 0.2) is 28.7 Å². The van der Waals surface area contributed by atoms with Crippen LogP contribution in [0.2, 0.25) is 0 Å². The second-order valence-corrected chi connectivity index (χ2v) is 6.05. The number of halogens is 1. The van der Waals surface area contributed by atoms with Gasteiger partial charge in [-0.25, -0.2) is 0 Å². The highest BCUT2D eigenvalue weighted by molar-refractivity contribution is 9.10. The normalized spacial score (nSPS) is 20.4. The lowest BCUT2D eigenvalue weighted by Crippen LogP contribution is -2.52. The summed E-state index contributed by atoms with van der Waals surface area (Å²) in [7, 11) is 4.31. The highest BCUT2D eigenvalue weighted by Gasteiger charge is 2.31. The quantitative estimate of drug-likeness (QED) is 0.923. The van der Waals surface area contributed by atoms with E-state index in [0.29, 0.717) is 5.54 Å². The predicted molar refractivity (Wildman–Crippen MR) is 76.4 cm³/mol. The van der Waals surface area contributed by atoms with Crippen molar-refractivity contribution in [3.05, 3.63) is 34.3 Å². The van der Waals surface area contributed by atoms with E-state index in [1.807, 2.05) is 0 Å². The highest BCUT2D eigenvalue weighted by Crippen LogP contribution is 2.26. The van der Waals surface area contributed by atoms with Crippen LogP contribution in [0.4, 0.5) is 0 Å². The zero-order chi connectivity index (χ0) is 12.3. The smallest absolute Gasteiger partial charge is 0.0243 e. The number of likely N-dealkylation sites (N-methyl/N-ethyl adjacent to an activating group) is 1. The van der Waals surface area contributed by atoms with Crippen LogP contribution in [0.5, 0.6) is 0 Å². The summed E-state index contributed by atoms with van der Waals surface area (Å²) in [5.41, 5.74) is 1.72. The Morgan fingerprint density at radius 3 is 2.35 bits per heavy atom. The van der Waals surface area contributed by atoms with Gasteiger partial charge in [0.25, 0.3) is 0 Å². The van der Waals surface area contributed by atoms with Crippen molar-refractivity contribution in [1.29, 1.82) is 0 Å². The maximum absolute atomic E-state index is 3.56. The molecule has 1 heterocycles. The summed E-state index contributed by atoms with van der Waals surface area (Å²) in [6.07, 6.45) is 3.59. The number of likely N-dealkylation sites (tertiary alicyclic amines) is 1. The highest BCUT2D eigenvalue weighted by atomic mass is 79.9. The Bertz CT molecular complexity index is 353. The molecule has 1 aromatic carbocycles. The summed E-state index contributed by atoms with van der Waals surface area (Å²) in [4.78, 5) is 2.41. The molecule has 0 saturated carbocycles. The number of hydrogen-bond acceptors (Lipinski definition) is 2. The van der Waals surface area contributed by atoms with Gasteiger partial charge in [0.2, 0.25) is 0 Å². The minimum absolute atomic E-state index is 0.292. The van der Waals surface area contributed by atoms with E-state index in [0.717, 1.165) is 10.9 Å². The van der Waals surface area contributed by atoms with Crippen LogP contribution in [0.1, 0.15) is 18.4 Å². The third-order valence-corrected chi connectivity index (χ3v) is 4.46. The van der Waals surface area contributed by atoms with Crippen LogP contribution in [0.25, 0.3) is 0 Å². The van der Waals surface area contributed by atoms with Crippen molar-refractivity contribution in [2.45, 2.75) is 24.8 Å². The summed E-state index contributed by atoms with van der Waals surface area (Å²) in [6.45, 7) is 2.38. The first-order chi connectivity index (χ1) is 8.13. The minimum Gasteiger partial charge on any atom is -0.314 e. The zero-order valence-corrected chi connectivity index (χ0v) is 12.3. The third-order valence-electron chi connectivity index (χ3n) is 3.93. The molecule has 1 saturated heterocycles. The van der Waals surface area contributed by atoms with Crippen LogP contribution >= 0.6 is 15.9 Å². The van der Waals surface area contributed by atoms with Crippen molar-refractivity contribution >= 4 is 15.9 Å². The van der Waals surface area contributed by atoms with E-state index in [-0.39, 0.29) is 0 Å². The van der Waals surface area contributed by atoms with Crippen LogP contribution in [0, 0.1) is 0 Å². The fraction of sp³-hybridized carbons (Fsp3) is 0.571. The Balaban J connectivity index is 2.06. The Labute approximate surface area is 113 Å². The lowest BCUT2D eigenvalue weighted by atomic mass is 9.82. The molecule has 0 atom stereocenters. The summed E-state index contributed by atoms with van der Waals surface area (Å²) in [5.74, 6) is 0. The molecule has 0 amide bonds. The van der Waals surface area contributed by atoms with Crippen LogP contribution in [-0.4, -0.2) is 37.6 Å². The third kappa shape index (κ3) is 3.30. The first-order valence-corrected chi connectivity index (χ1v) is 7.05. The van der Waals surface area contributed by atoms with Gasteiger partial charge in [0.15, 0.2) is 0 Å². The Hall–Kier alpha value is -0.380. The minimum atomic E-state index is 0.292. The molecule has 1 aromatic rings. The summed E-state index contributed by atoms with van der Waals surface area (Å²) in [5, 5.41) is 3.56. The van der Waals surface area contributed by atoms with Crippen molar-refractivity contribution in [2.75, 3.05) is 27.2 Å². The fourth-order valence-corrected chi connectivity index (χ4v) is 2.82. The van der Waals surface area contributed by atoms with Crippen molar-refractivity contribution in [3.8, 4) is 0 Å². The maximum atomic E-state index is 3.56. The van der Waals surface area contributed by atoms with Crippen molar-refractivity contribution in [3.63, 3.8) is 0 Å². The van der Waals surface area contributed by atoms with E-state index in [2.05, 4.69) is 64.5 Å². The lowest BCUT2D eigenvalue weighted by molar-refractivity contribution is 0.163. The van der Waals surface area contributed by atoms with E-state index < -0.39 is 0 Å². The molecule has 2 nitrogen and oxygen atoms in total. The zero-order valence-electron chi connectivity index (χ0n) is 10.7. The molecular weight excluding hydrogens is 276 g/mol. The van der Waals surface area contributed by atoms with Gasteiger partial charge in [-0.15, -0.1) is 0 Å². The van der Waals surface area contributed by atoms with E-state index in [9.17, 15) is 0 Å². The molecule has 0 aromatic heterocycles. The molecule has 0 radical (unpaired) electrons. The molecule has 0 spiro atoms. The molecule has 1 aliphatic heterocycles. The van der Waals surface area contributed by atoms with E-state index in [4.69, 9.17) is 0 Å². The molecule has 0 unspecified atom stereocenters. The molecule has 17 heavy (non-hydrogen) atoms.